The number of rotatable bonds is 7. The highest BCUT2D eigenvalue weighted by Crippen LogP contribution is 2.29. The molecule has 1 amide bonds. The molecule has 1 aliphatic rings. The first-order chi connectivity index (χ1) is 14.9. The first-order valence-electron chi connectivity index (χ1n) is 9.54. The van der Waals surface area contributed by atoms with E-state index in [2.05, 4.69) is 15.5 Å². The molecule has 11 heteroatoms. The Morgan fingerprint density at radius 3 is 2.58 bits per heavy atom. The zero-order valence-corrected chi connectivity index (χ0v) is 18.8. The number of nitrogens with zero attached hydrogens (tertiary/aromatic N) is 3. The highest BCUT2D eigenvalue weighted by Gasteiger charge is 2.27. The molecule has 1 fully saturated rings. The van der Waals surface area contributed by atoms with E-state index in [4.69, 9.17) is 0 Å². The molecule has 0 spiro atoms. The van der Waals surface area contributed by atoms with Crippen molar-refractivity contribution in [2.75, 3.05) is 18.4 Å². The lowest BCUT2D eigenvalue weighted by Gasteiger charge is -2.15. The summed E-state index contributed by atoms with van der Waals surface area (Å²) in [6, 6.07) is 12.2. The summed E-state index contributed by atoms with van der Waals surface area (Å²) in [4.78, 5) is 12.7. The van der Waals surface area contributed by atoms with Crippen molar-refractivity contribution in [3.63, 3.8) is 0 Å². The zero-order chi connectivity index (χ0) is 21.8. The molecule has 162 valence electrons. The standard InChI is InChI=1S/C20H19FN4O3S3/c21-16-5-3-4-14(12-16)13-29-20-24-23-19(30-20)22-18(26)15-6-8-17(9-7-15)31(27,28)25-10-1-2-11-25/h3-9,12H,1-2,10-11,13H2,(H,22,23,26). The number of carbonyl (C=O) groups is 1. The normalized spacial score (nSPS) is 14.6. The summed E-state index contributed by atoms with van der Waals surface area (Å²) >= 11 is 2.61. The van der Waals surface area contributed by atoms with Gasteiger partial charge in [0, 0.05) is 24.4 Å². The monoisotopic (exact) mass is 478 g/mol. The number of carbonyl (C=O) groups excluding carboxylic acids is 1. The summed E-state index contributed by atoms with van der Waals surface area (Å²) < 4.78 is 40.5. The second kappa shape index (κ2) is 9.43. The summed E-state index contributed by atoms with van der Waals surface area (Å²) in [7, 11) is -3.51. The van der Waals surface area contributed by atoms with Crippen LogP contribution in [-0.4, -0.2) is 41.9 Å². The number of aromatic nitrogens is 2. The summed E-state index contributed by atoms with van der Waals surface area (Å²) in [5.74, 6) is -0.154. The molecule has 0 saturated carbocycles. The summed E-state index contributed by atoms with van der Waals surface area (Å²) in [5.41, 5.74) is 1.15. The largest absolute Gasteiger partial charge is 0.296 e. The minimum atomic E-state index is -3.51. The average Bonchev–Trinajstić information content (AvgIpc) is 3.45. The molecule has 1 aromatic heterocycles. The molecule has 0 aliphatic carbocycles. The lowest BCUT2D eigenvalue weighted by atomic mass is 10.2. The lowest BCUT2D eigenvalue weighted by Crippen LogP contribution is -2.27. The van der Waals surface area contributed by atoms with E-state index in [0.29, 0.717) is 33.9 Å². The van der Waals surface area contributed by atoms with E-state index in [0.717, 1.165) is 18.4 Å². The molecule has 31 heavy (non-hydrogen) atoms. The van der Waals surface area contributed by atoms with Crippen LogP contribution in [0.2, 0.25) is 0 Å². The molecule has 0 radical (unpaired) electrons. The van der Waals surface area contributed by atoms with Gasteiger partial charge in [0.05, 0.1) is 4.90 Å². The van der Waals surface area contributed by atoms with Gasteiger partial charge in [-0.25, -0.2) is 12.8 Å². The maximum Gasteiger partial charge on any atom is 0.257 e. The Morgan fingerprint density at radius 2 is 1.87 bits per heavy atom. The number of sulfonamides is 1. The van der Waals surface area contributed by atoms with Gasteiger partial charge in [0.15, 0.2) is 4.34 Å². The van der Waals surface area contributed by atoms with Crippen LogP contribution in [0.15, 0.2) is 57.8 Å². The molecule has 2 aromatic carbocycles. The number of hydrogen-bond donors (Lipinski definition) is 1. The SMILES string of the molecule is O=C(Nc1nnc(SCc2cccc(F)c2)s1)c1ccc(S(=O)(=O)N2CCCC2)cc1. The summed E-state index contributed by atoms with van der Waals surface area (Å²) in [6.45, 7) is 1.06. The molecule has 1 N–H and O–H groups in total. The van der Waals surface area contributed by atoms with E-state index in [-0.39, 0.29) is 10.7 Å². The van der Waals surface area contributed by atoms with Gasteiger partial charge in [-0.05, 0) is 54.8 Å². The number of anilines is 1. The third-order valence-electron chi connectivity index (χ3n) is 4.70. The maximum absolute atomic E-state index is 13.3. The van der Waals surface area contributed by atoms with Crippen molar-refractivity contribution in [3.05, 3.63) is 65.5 Å². The van der Waals surface area contributed by atoms with Crippen molar-refractivity contribution < 1.29 is 17.6 Å². The first kappa shape index (κ1) is 21.9. The number of nitrogens with one attached hydrogen (secondary N) is 1. The molecule has 7 nitrogen and oxygen atoms in total. The Balaban J connectivity index is 1.36. The highest BCUT2D eigenvalue weighted by atomic mass is 32.2. The molecule has 4 rings (SSSR count). The molecule has 0 unspecified atom stereocenters. The van der Waals surface area contributed by atoms with Crippen molar-refractivity contribution in [3.8, 4) is 0 Å². The van der Waals surface area contributed by atoms with Gasteiger partial charge in [0.25, 0.3) is 5.91 Å². The Bertz CT molecular complexity index is 1180. The van der Waals surface area contributed by atoms with Gasteiger partial charge >= 0.3 is 0 Å². The van der Waals surface area contributed by atoms with Crippen molar-refractivity contribution >= 4 is 44.2 Å². The minimum Gasteiger partial charge on any atom is -0.296 e. The van der Waals surface area contributed by atoms with E-state index < -0.39 is 15.9 Å². The van der Waals surface area contributed by atoms with Gasteiger partial charge in [0.2, 0.25) is 15.2 Å². The van der Waals surface area contributed by atoms with E-state index in [1.54, 1.807) is 6.07 Å². The number of halogens is 1. The van der Waals surface area contributed by atoms with Crippen LogP contribution in [0.3, 0.4) is 0 Å². The molecule has 1 aliphatic heterocycles. The maximum atomic E-state index is 13.3. The number of hydrogen-bond acceptors (Lipinski definition) is 7. The van der Waals surface area contributed by atoms with Crippen LogP contribution in [0.25, 0.3) is 0 Å². The molecule has 0 atom stereocenters. The third kappa shape index (κ3) is 5.29. The van der Waals surface area contributed by atoms with Crippen molar-refractivity contribution in [2.24, 2.45) is 0 Å². The predicted octanol–water partition coefficient (Wildman–Crippen LogP) is 4.01. The number of thioether (sulfide) groups is 1. The van der Waals surface area contributed by atoms with Crippen LogP contribution in [0.1, 0.15) is 28.8 Å². The molecule has 3 aromatic rings. The topological polar surface area (TPSA) is 92.3 Å². The van der Waals surface area contributed by atoms with Gasteiger partial charge in [-0.15, -0.1) is 10.2 Å². The fourth-order valence-corrected chi connectivity index (χ4v) is 6.32. The zero-order valence-electron chi connectivity index (χ0n) is 16.3. The van der Waals surface area contributed by atoms with Gasteiger partial charge in [-0.1, -0.05) is 35.2 Å². The van der Waals surface area contributed by atoms with E-state index in [1.807, 2.05) is 6.07 Å². The van der Waals surface area contributed by atoms with E-state index in [1.165, 1.54) is 63.8 Å². The molecule has 0 bridgehead atoms. The van der Waals surface area contributed by atoms with Crippen LogP contribution in [-0.2, 0) is 15.8 Å². The molecular weight excluding hydrogens is 459 g/mol. The molecule has 2 heterocycles. The summed E-state index contributed by atoms with van der Waals surface area (Å²) in [5, 5.41) is 11.0. The second-order valence-electron chi connectivity index (χ2n) is 6.88. The Hall–Kier alpha value is -2.34. The van der Waals surface area contributed by atoms with Crippen LogP contribution in [0.4, 0.5) is 9.52 Å². The lowest BCUT2D eigenvalue weighted by molar-refractivity contribution is 0.102. The highest BCUT2D eigenvalue weighted by molar-refractivity contribution is 8.00. The van der Waals surface area contributed by atoms with Gasteiger partial charge in [-0.2, -0.15) is 4.31 Å². The fourth-order valence-electron chi connectivity index (χ4n) is 3.12. The van der Waals surface area contributed by atoms with Crippen LogP contribution in [0.5, 0.6) is 0 Å². The van der Waals surface area contributed by atoms with Crippen LogP contribution >= 0.6 is 23.1 Å². The average molecular weight is 479 g/mol. The smallest absolute Gasteiger partial charge is 0.257 e. The molecular formula is C20H19FN4O3S3. The van der Waals surface area contributed by atoms with Crippen LogP contribution < -0.4 is 5.32 Å². The predicted molar refractivity (Wildman–Crippen MR) is 118 cm³/mol. The number of benzene rings is 2. The third-order valence-corrected chi connectivity index (χ3v) is 8.65. The Morgan fingerprint density at radius 1 is 1.13 bits per heavy atom. The summed E-state index contributed by atoms with van der Waals surface area (Å²) in [6.07, 6.45) is 1.73. The van der Waals surface area contributed by atoms with Crippen LogP contribution in [0, 0.1) is 5.82 Å². The Kier molecular flexibility index (Phi) is 6.65. The van der Waals surface area contributed by atoms with Crippen molar-refractivity contribution in [1.82, 2.24) is 14.5 Å². The Labute approximate surface area is 187 Å². The fraction of sp³-hybridized carbons (Fsp3) is 0.250. The second-order valence-corrected chi connectivity index (χ2v) is 11.0. The van der Waals surface area contributed by atoms with Gasteiger partial charge in [0.1, 0.15) is 5.82 Å². The van der Waals surface area contributed by atoms with E-state index in [9.17, 15) is 17.6 Å². The minimum absolute atomic E-state index is 0.179. The number of amides is 1. The van der Waals surface area contributed by atoms with Gasteiger partial charge < -0.3 is 0 Å². The van der Waals surface area contributed by atoms with E-state index >= 15 is 0 Å². The van der Waals surface area contributed by atoms with Crippen molar-refractivity contribution in [2.45, 2.75) is 27.8 Å². The van der Waals surface area contributed by atoms with Gasteiger partial charge in [-0.3, -0.25) is 10.1 Å². The molecule has 1 saturated heterocycles. The van der Waals surface area contributed by atoms with Crippen molar-refractivity contribution in [1.29, 1.82) is 0 Å². The first-order valence-corrected chi connectivity index (χ1v) is 12.8. The quantitative estimate of drug-likeness (QED) is 0.408.